The Morgan fingerprint density at radius 3 is 2.75 bits per heavy atom. The van der Waals surface area contributed by atoms with Gasteiger partial charge < -0.3 is 14.6 Å². The number of hydrogen-bond donors (Lipinski definition) is 1. The van der Waals surface area contributed by atoms with Crippen molar-refractivity contribution in [1.82, 2.24) is 0 Å². The number of hydrogen-bond acceptors (Lipinski definition) is 3. The molecule has 0 saturated carbocycles. The lowest BCUT2D eigenvalue weighted by Crippen LogP contribution is -2.15. The van der Waals surface area contributed by atoms with Crippen molar-refractivity contribution < 1.29 is 19.4 Å². The average molecular weight is 222 g/mol. The molecule has 4 nitrogen and oxygen atoms in total. The van der Waals surface area contributed by atoms with E-state index < -0.39 is 5.97 Å². The standard InChI is InChI=1S/C12H14O4/c1-8(6-12(13)14)9-2-3-10-11(7-9)16-5-4-15-10/h2-3,7-8H,4-6H2,1H3,(H,13,14). The molecule has 4 heteroatoms. The van der Waals surface area contributed by atoms with Gasteiger partial charge in [-0.05, 0) is 23.6 Å². The van der Waals surface area contributed by atoms with Crippen LogP contribution in [0.4, 0.5) is 0 Å². The molecule has 1 heterocycles. The van der Waals surface area contributed by atoms with Crippen LogP contribution in [0.5, 0.6) is 11.5 Å². The molecular weight excluding hydrogens is 208 g/mol. The Bertz CT molecular complexity index is 400. The number of carbonyl (C=O) groups is 1. The summed E-state index contributed by atoms with van der Waals surface area (Å²) in [7, 11) is 0. The summed E-state index contributed by atoms with van der Waals surface area (Å²) in [6, 6.07) is 5.59. The molecule has 86 valence electrons. The molecule has 1 aliphatic heterocycles. The molecule has 0 saturated heterocycles. The number of benzene rings is 1. The van der Waals surface area contributed by atoms with Crippen LogP contribution >= 0.6 is 0 Å². The summed E-state index contributed by atoms with van der Waals surface area (Å²) in [6.07, 6.45) is 0.125. The van der Waals surface area contributed by atoms with Crippen LogP contribution in [0.3, 0.4) is 0 Å². The highest BCUT2D eigenvalue weighted by molar-refractivity contribution is 5.68. The molecule has 0 bridgehead atoms. The van der Waals surface area contributed by atoms with Crippen molar-refractivity contribution in [3.05, 3.63) is 23.8 Å². The summed E-state index contributed by atoms with van der Waals surface area (Å²) in [5.74, 6) is 0.634. The minimum Gasteiger partial charge on any atom is -0.486 e. The first-order valence-electron chi connectivity index (χ1n) is 5.28. The van der Waals surface area contributed by atoms with Gasteiger partial charge in [0.25, 0.3) is 0 Å². The van der Waals surface area contributed by atoms with Crippen molar-refractivity contribution in [2.24, 2.45) is 0 Å². The van der Waals surface area contributed by atoms with Crippen LogP contribution in [0.25, 0.3) is 0 Å². The number of rotatable bonds is 3. The molecular formula is C12H14O4. The lowest BCUT2D eigenvalue weighted by Gasteiger charge is -2.20. The van der Waals surface area contributed by atoms with Gasteiger partial charge >= 0.3 is 5.97 Å². The van der Waals surface area contributed by atoms with E-state index in [4.69, 9.17) is 14.6 Å². The van der Waals surface area contributed by atoms with Crippen molar-refractivity contribution in [2.45, 2.75) is 19.3 Å². The van der Waals surface area contributed by atoms with Crippen LogP contribution in [0.1, 0.15) is 24.8 Å². The highest BCUT2D eigenvalue weighted by Gasteiger charge is 2.15. The Hall–Kier alpha value is -1.71. The Kier molecular flexibility index (Phi) is 2.99. The second-order valence-corrected chi connectivity index (χ2v) is 3.90. The van der Waals surface area contributed by atoms with Gasteiger partial charge in [0.05, 0.1) is 6.42 Å². The molecule has 0 spiro atoms. The first kappa shape index (κ1) is 10.8. The van der Waals surface area contributed by atoms with Crippen molar-refractivity contribution in [2.75, 3.05) is 13.2 Å². The Morgan fingerprint density at radius 1 is 1.38 bits per heavy atom. The molecule has 0 amide bonds. The van der Waals surface area contributed by atoms with Crippen molar-refractivity contribution in [3.63, 3.8) is 0 Å². The second-order valence-electron chi connectivity index (χ2n) is 3.90. The number of carboxylic acids is 1. The van der Waals surface area contributed by atoms with Crippen LogP contribution in [0.15, 0.2) is 18.2 Å². The predicted molar refractivity (Wildman–Crippen MR) is 58.1 cm³/mol. The molecule has 1 unspecified atom stereocenters. The molecule has 16 heavy (non-hydrogen) atoms. The van der Waals surface area contributed by atoms with E-state index in [0.29, 0.717) is 19.0 Å². The largest absolute Gasteiger partial charge is 0.486 e. The maximum Gasteiger partial charge on any atom is 0.303 e. The van der Waals surface area contributed by atoms with E-state index in [0.717, 1.165) is 11.3 Å². The number of ether oxygens (including phenoxy) is 2. The topological polar surface area (TPSA) is 55.8 Å². The van der Waals surface area contributed by atoms with E-state index in [1.165, 1.54) is 0 Å². The van der Waals surface area contributed by atoms with Crippen LogP contribution in [-0.4, -0.2) is 24.3 Å². The molecule has 1 aliphatic rings. The Morgan fingerprint density at radius 2 is 2.06 bits per heavy atom. The quantitative estimate of drug-likeness (QED) is 0.850. The fourth-order valence-corrected chi connectivity index (χ4v) is 1.75. The molecule has 0 aliphatic carbocycles. The highest BCUT2D eigenvalue weighted by atomic mass is 16.6. The van der Waals surface area contributed by atoms with Crippen LogP contribution in [0, 0.1) is 0 Å². The average Bonchev–Trinajstić information content (AvgIpc) is 2.27. The summed E-state index contributed by atoms with van der Waals surface area (Å²) >= 11 is 0. The zero-order valence-electron chi connectivity index (χ0n) is 9.10. The SMILES string of the molecule is CC(CC(=O)O)c1ccc2c(c1)OCCO2. The molecule has 1 atom stereocenters. The van der Waals surface area contributed by atoms with E-state index >= 15 is 0 Å². The third-order valence-corrected chi connectivity index (χ3v) is 2.62. The van der Waals surface area contributed by atoms with Gasteiger partial charge in [-0.2, -0.15) is 0 Å². The molecule has 0 aromatic heterocycles. The fraction of sp³-hybridized carbons (Fsp3) is 0.417. The molecule has 2 rings (SSSR count). The summed E-state index contributed by atoms with van der Waals surface area (Å²) < 4.78 is 10.8. The van der Waals surface area contributed by atoms with E-state index in [1.54, 1.807) is 0 Å². The van der Waals surface area contributed by atoms with Crippen LogP contribution < -0.4 is 9.47 Å². The Labute approximate surface area is 93.8 Å². The van der Waals surface area contributed by atoms with E-state index in [-0.39, 0.29) is 12.3 Å². The lowest BCUT2D eigenvalue weighted by molar-refractivity contribution is -0.137. The van der Waals surface area contributed by atoms with Gasteiger partial charge in [0.1, 0.15) is 13.2 Å². The van der Waals surface area contributed by atoms with Crippen molar-refractivity contribution >= 4 is 5.97 Å². The summed E-state index contributed by atoms with van der Waals surface area (Å²) in [5, 5.41) is 8.73. The van der Waals surface area contributed by atoms with Crippen molar-refractivity contribution in [3.8, 4) is 11.5 Å². The smallest absolute Gasteiger partial charge is 0.303 e. The molecule has 1 aromatic rings. The van der Waals surface area contributed by atoms with Gasteiger partial charge in [-0.15, -0.1) is 0 Å². The Balaban J connectivity index is 2.19. The number of carboxylic acid groups (broad SMARTS) is 1. The summed E-state index contributed by atoms with van der Waals surface area (Å²) in [4.78, 5) is 10.6. The van der Waals surface area contributed by atoms with E-state index in [1.807, 2.05) is 25.1 Å². The third kappa shape index (κ3) is 2.27. The van der Waals surface area contributed by atoms with E-state index in [2.05, 4.69) is 0 Å². The zero-order chi connectivity index (χ0) is 11.5. The van der Waals surface area contributed by atoms with Crippen molar-refractivity contribution in [1.29, 1.82) is 0 Å². The normalized spacial score (nSPS) is 15.6. The molecule has 1 N–H and O–H groups in total. The van der Waals surface area contributed by atoms with Gasteiger partial charge in [0, 0.05) is 0 Å². The third-order valence-electron chi connectivity index (χ3n) is 2.62. The maximum atomic E-state index is 10.6. The number of fused-ring (bicyclic) bond motifs is 1. The highest BCUT2D eigenvalue weighted by Crippen LogP contribution is 2.33. The zero-order valence-corrected chi connectivity index (χ0v) is 9.10. The summed E-state index contributed by atoms with van der Waals surface area (Å²) in [5.41, 5.74) is 0.964. The maximum absolute atomic E-state index is 10.6. The first-order chi connectivity index (χ1) is 7.66. The fourth-order valence-electron chi connectivity index (χ4n) is 1.75. The predicted octanol–water partition coefficient (Wildman–Crippen LogP) is 2.04. The minimum absolute atomic E-state index is 0.0201. The lowest BCUT2D eigenvalue weighted by atomic mass is 9.97. The van der Waals surface area contributed by atoms with E-state index in [9.17, 15) is 4.79 Å². The summed E-state index contributed by atoms with van der Waals surface area (Å²) in [6.45, 7) is 3.00. The number of aliphatic carboxylic acids is 1. The molecule has 0 radical (unpaired) electrons. The van der Waals surface area contributed by atoms with Gasteiger partial charge in [-0.25, -0.2) is 0 Å². The van der Waals surface area contributed by atoms with Gasteiger partial charge in [-0.3, -0.25) is 4.79 Å². The monoisotopic (exact) mass is 222 g/mol. The van der Waals surface area contributed by atoms with Gasteiger partial charge in [-0.1, -0.05) is 13.0 Å². The van der Waals surface area contributed by atoms with Crippen LogP contribution in [0.2, 0.25) is 0 Å². The first-order valence-corrected chi connectivity index (χ1v) is 5.28. The van der Waals surface area contributed by atoms with Gasteiger partial charge in [0.2, 0.25) is 0 Å². The second kappa shape index (κ2) is 4.43. The minimum atomic E-state index is -0.789. The van der Waals surface area contributed by atoms with Gasteiger partial charge in [0.15, 0.2) is 11.5 Å². The molecule has 1 aromatic carbocycles. The van der Waals surface area contributed by atoms with Crippen LogP contribution in [-0.2, 0) is 4.79 Å². The molecule has 0 fully saturated rings.